The highest BCUT2D eigenvalue weighted by atomic mass is 16.5. The second kappa shape index (κ2) is 11.7. The Morgan fingerprint density at radius 2 is 1.72 bits per heavy atom. The topological polar surface area (TPSA) is 84.6 Å². The lowest BCUT2D eigenvalue weighted by Crippen LogP contribution is -2.38. The van der Waals surface area contributed by atoms with Crippen LogP contribution in [0.2, 0.25) is 0 Å². The first-order valence-electron chi connectivity index (χ1n) is 13.6. The molecule has 39 heavy (non-hydrogen) atoms. The van der Waals surface area contributed by atoms with Gasteiger partial charge in [-0.15, -0.1) is 0 Å². The van der Waals surface area contributed by atoms with Gasteiger partial charge in [0.1, 0.15) is 18.1 Å². The fraction of sp³-hybridized carbons (Fsp3) is 0.406. The van der Waals surface area contributed by atoms with Crippen molar-refractivity contribution in [3.63, 3.8) is 0 Å². The van der Waals surface area contributed by atoms with Crippen molar-refractivity contribution >= 4 is 5.71 Å². The minimum atomic E-state index is -0.292. The molecule has 1 atom stereocenters. The molecule has 1 aliphatic heterocycles. The van der Waals surface area contributed by atoms with Gasteiger partial charge in [-0.05, 0) is 93.3 Å². The van der Waals surface area contributed by atoms with Crippen LogP contribution in [0, 0.1) is 5.41 Å². The highest BCUT2D eigenvalue weighted by molar-refractivity contribution is 5.97. The number of aliphatic hydroxyl groups is 1. The maximum Gasteiger partial charge on any atom is 0.130 e. The van der Waals surface area contributed by atoms with Crippen LogP contribution in [0.1, 0.15) is 48.0 Å². The molecule has 2 N–H and O–H groups in total. The molecule has 7 heteroatoms. The first-order chi connectivity index (χ1) is 18.5. The quantitative estimate of drug-likeness (QED) is 0.318. The number of aromatic nitrogens is 3. The lowest BCUT2D eigenvalue weighted by atomic mass is 9.81. The summed E-state index contributed by atoms with van der Waals surface area (Å²) in [6.07, 6.45) is 14.5. The first kappa shape index (κ1) is 28.5. The van der Waals surface area contributed by atoms with Crippen LogP contribution in [0.5, 0.6) is 5.75 Å². The first-order valence-corrected chi connectivity index (χ1v) is 13.6. The van der Waals surface area contributed by atoms with E-state index in [4.69, 9.17) is 9.84 Å². The Morgan fingerprint density at radius 1 is 1.00 bits per heavy atom. The predicted octanol–water partition coefficient (Wildman–Crippen LogP) is 6.03. The number of aliphatic imine (C=N–C) groups is 1. The SMILES string of the molecule is CCNC1(C)C=CN=C(COc2ccc(-c3nn(C(C)(C)CC(C)(C)CO)cc3-c3ccncc3)cc2)C=C1. The van der Waals surface area contributed by atoms with Gasteiger partial charge in [-0.1, -0.05) is 26.8 Å². The minimum absolute atomic E-state index is 0.122. The van der Waals surface area contributed by atoms with Crippen molar-refractivity contribution in [2.24, 2.45) is 10.4 Å². The molecule has 206 valence electrons. The fourth-order valence-corrected chi connectivity index (χ4v) is 5.05. The molecule has 0 aliphatic carbocycles. The van der Waals surface area contributed by atoms with E-state index >= 15 is 0 Å². The molecule has 0 amide bonds. The van der Waals surface area contributed by atoms with E-state index in [-0.39, 0.29) is 23.1 Å². The van der Waals surface area contributed by atoms with E-state index in [2.05, 4.69) is 75.2 Å². The number of pyridine rings is 1. The average Bonchev–Trinajstić information content (AvgIpc) is 3.29. The standard InChI is InChI=1S/C32H41N5O2/c1-7-35-32(6)15-12-26(34-19-16-32)21-39-27-10-8-25(9-11-27)29-28(24-13-17-33-18-14-24)20-37(36-29)31(4,5)22-30(2,3)23-38/h8-20,35,38H,7,21-23H2,1-6H3. The highest BCUT2D eigenvalue weighted by Crippen LogP contribution is 2.37. The Labute approximate surface area is 232 Å². The normalized spacial score (nSPS) is 17.7. The van der Waals surface area contributed by atoms with E-state index in [1.54, 1.807) is 12.4 Å². The third-order valence-corrected chi connectivity index (χ3v) is 7.02. The molecule has 0 radical (unpaired) electrons. The second-order valence-electron chi connectivity index (χ2n) is 11.8. The van der Waals surface area contributed by atoms with Gasteiger partial charge < -0.3 is 15.2 Å². The van der Waals surface area contributed by atoms with Crippen molar-refractivity contribution in [2.75, 3.05) is 19.8 Å². The molecule has 4 rings (SSSR count). The van der Waals surface area contributed by atoms with Gasteiger partial charge in [-0.25, -0.2) is 0 Å². The molecule has 1 aromatic carbocycles. The van der Waals surface area contributed by atoms with Gasteiger partial charge in [0.15, 0.2) is 0 Å². The van der Waals surface area contributed by atoms with Gasteiger partial charge in [0.25, 0.3) is 0 Å². The molecular weight excluding hydrogens is 486 g/mol. The van der Waals surface area contributed by atoms with Gasteiger partial charge in [0, 0.05) is 42.5 Å². The van der Waals surface area contributed by atoms with Crippen LogP contribution in [0.15, 0.2) is 84.4 Å². The summed E-state index contributed by atoms with van der Waals surface area (Å²) in [6.45, 7) is 14.1. The molecular formula is C32H41N5O2. The van der Waals surface area contributed by atoms with Crippen LogP contribution in [0.25, 0.3) is 22.4 Å². The highest BCUT2D eigenvalue weighted by Gasteiger charge is 2.31. The van der Waals surface area contributed by atoms with E-state index in [0.29, 0.717) is 6.61 Å². The molecule has 0 spiro atoms. The molecule has 0 saturated heterocycles. The summed E-state index contributed by atoms with van der Waals surface area (Å²) in [5, 5.41) is 18.4. The summed E-state index contributed by atoms with van der Waals surface area (Å²) in [5.41, 5.74) is 4.13. The summed E-state index contributed by atoms with van der Waals surface area (Å²) in [4.78, 5) is 8.72. The van der Waals surface area contributed by atoms with E-state index in [0.717, 1.165) is 46.8 Å². The smallest absolute Gasteiger partial charge is 0.130 e. The van der Waals surface area contributed by atoms with E-state index < -0.39 is 0 Å². The van der Waals surface area contributed by atoms with Crippen molar-refractivity contribution in [3.8, 4) is 28.1 Å². The molecule has 3 aromatic rings. The van der Waals surface area contributed by atoms with Crippen molar-refractivity contribution in [1.29, 1.82) is 0 Å². The van der Waals surface area contributed by atoms with Gasteiger partial charge in [0.2, 0.25) is 0 Å². The second-order valence-corrected chi connectivity index (χ2v) is 11.8. The van der Waals surface area contributed by atoms with Gasteiger partial charge in [-0.3, -0.25) is 14.7 Å². The third kappa shape index (κ3) is 7.11. The summed E-state index contributed by atoms with van der Waals surface area (Å²) < 4.78 is 8.10. The zero-order valence-electron chi connectivity index (χ0n) is 24.0. The Kier molecular flexibility index (Phi) is 8.52. The molecule has 0 saturated carbocycles. The van der Waals surface area contributed by atoms with E-state index in [9.17, 15) is 5.11 Å². The average molecular weight is 528 g/mol. The molecule has 0 fully saturated rings. The van der Waals surface area contributed by atoms with Crippen molar-refractivity contribution in [1.82, 2.24) is 20.1 Å². The lowest BCUT2D eigenvalue weighted by Gasteiger charge is -2.34. The molecule has 1 unspecified atom stereocenters. The van der Waals surface area contributed by atoms with E-state index in [1.165, 1.54) is 0 Å². The number of aliphatic hydroxyl groups excluding tert-OH is 1. The monoisotopic (exact) mass is 527 g/mol. The molecule has 7 nitrogen and oxygen atoms in total. The zero-order chi connectivity index (χ0) is 28.1. The zero-order valence-corrected chi connectivity index (χ0v) is 24.0. The van der Waals surface area contributed by atoms with Gasteiger partial charge >= 0.3 is 0 Å². The van der Waals surface area contributed by atoms with Crippen molar-refractivity contribution < 1.29 is 9.84 Å². The Bertz CT molecular complexity index is 1340. The number of likely N-dealkylation sites (N-methyl/N-ethyl adjacent to an activating group) is 1. The van der Waals surface area contributed by atoms with Crippen LogP contribution in [0.3, 0.4) is 0 Å². The number of benzene rings is 1. The number of rotatable bonds is 11. The predicted molar refractivity (Wildman–Crippen MR) is 159 cm³/mol. The van der Waals surface area contributed by atoms with Crippen molar-refractivity contribution in [3.05, 3.63) is 79.4 Å². The van der Waals surface area contributed by atoms with Crippen LogP contribution in [-0.4, -0.2) is 50.9 Å². The van der Waals surface area contributed by atoms with Gasteiger partial charge in [-0.2, -0.15) is 5.10 Å². The third-order valence-electron chi connectivity index (χ3n) is 7.02. The molecule has 0 bridgehead atoms. The van der Waals surface area contributed by atoms with Crippen LogP contribution >= 0.6 is 0 Å². The lowest BCUT2D eigenvalue weighted by molar-refractivity contribution is 0.101. The number of hydrogen-bond acceptors (Lipinski definition) is 6. The van der Waals surface area contributed by atoms with Crippen LogP contribution < -0.4 is 10.1 Å². The summed E-state index contributed by atoms with van der Waals surface area (Å²) in [7, 11) is 0. The van der Waals surface area contributed by atoms with E-state index in [1.807, 2.05) is 53.4 Å². The Morgan fingerprint density at radius 3 is 2.38 bits per heavy atom. The molecule has 3 heterocycles. The van der Waals surface area contributed by atoms with Gasteiger partial charge in [0.05, 0.1) is 16.8 Å². The summed E-state index contributed by atoms with van der Waals surface area (Å²) in [5.74, 6) is 0.771. The van der Waals surface area contributed by atoms with Crippen molar-refractivity contribution in [2.45, 2.75) is 59.0 Å². The fourth-order valence-electron chi connectivity index (χ4n) is 5.05. The number of nitrogens with one attached hydrogen (secondary N) is 1. The maximum atomic E-state index is 9.87. The number of nitrogens with zero attached hydrogens (tertiary/aromatic N) is 4. The number of hydrogen-bond donors (Lipinski definition) is 2. The Balaban J connectivity index is 1.56. The van der Waals surface area contributed by atoms with Crippen LogP contribution in [-0.2, 0) is 5.54 Å². The Hall–Kier alpha value is -3.55. The maximum absolute atomic E-state index is 9.87. The van der Waals surface area contributed by atoms with Crippen LogP contribution in [0.4, 0.5) is 0 Å². The molecule has 1 aliphatic rings. The summed E-state index contributed by atoms with van der Waals surface area (Å²) in [6, 6.07) is 12.1. The molecule has 2 aromatic heterocycles. The largest absolute Gasteiger partial charge is 0.487 e. The number of ether oxygens (including phenoxy) is 1. The minimum Gasteiger partial charge on any atom is -0.487 e. The summed E-state index contributed by atoms with van der Waals surface area (Å²) >= 11 is 0.